The minimum absolute atomic E-state index is 0. The van der Waals surface area contributed by atoms with E-state index in [1.54, 1.807) is 0 Å². The first-order chi connectivity index (χ1) is 0. The minimum atomic E-state index is 0. The van der Waals surface area contributed by atoms with E-state index in [1.165, 1.54) is 0 Å². The molecular formula is BaBiCaNaSr. The van der Waals surface area contributed by atoms with Crippen LogP contribution in [0.5, 0.6) is 0 Å². The molecule has 0 saturated carbocycles. The summed E-state index contributed by atoms with van der Waals surface area (Å²) < 4.78 is 0. The topological polar surface area (TPSA) is 0 Å². The molecule has 0 rings (SSSR count). The zero-order valence-corrected chi connectivity index (χ0v) is 19.2. The first-order valence-corrected chi connectivity index (χ1v) is 0. The molecule has 0 aliphatic heterocycles. The Hall–Kier alpha value is 6.19. The van der Waals surface area contributed by atoms with Gasteiger partial charge in [0, 0.05) is 188 Å². The van der Waals surface area contributed by atoms with Crippen LogP contribution in [0.4, 0.5) is 0 Å². The molecule has 0 fully saturated rings. The van der Waals surface area contributed by atoms with Crippen LogP contribution >= 0.6 is 0 Å². The van der Waals surface area contributed by atoms with Crippen molar-refractivity contribution in [1.82, 2.24) is 0 Å². The van der Waals surface area contributed by atoms with E-state index >= 15 is 0 Å². The van der Waals surface area contributed by atoms with Crippen molar-refractivity contribution in [2.75, 3.05) is 0 Å². The van der Waals surface area contributed by atoms with Gasteiger partial charge in [-0.3, -0.25) is 0 Å². The monoisotopic (exact) mass is 498 g/mol. The third-order valence-electron chi connectivity index (χ3n) is 0. The summed E-state index contributed by atoms with van der Waals surface area (Å²) in [5, 5.41) is 0. The molecule has 10 radical (unpaired) electrons. The summed E-state index contributed by atoms with van der Waals surface area (Å²) >= 11 is 0. The van der Waals surface area contributed by atoms with E-state index in [4.69, 9.17) is 0 Å². The summed E-state index contributed by atoms with van der Waals surface area (Å²) in [5.41, 5.74) is 0. The zero-order chi connectivity index (χ0) is 0. The standard InChI is InChI=1S/Ba.Bi.Ca.Na.Sr. The van der Waals surface area contributed by atoms with E-state index in [-0.39, 0.29) is 188 Å². The molecule has 0 nitrogen and oxygen atoms in total. The van der Waals surface area contributed by atoms with E-state index in [9.17, 15) is 0 Å². The average molecular weight is 497 g/mol. The van der Waals surface area contributed by atoms with Crippen LogP contribution < -0.4 is 0 Å². The van der Waals surface area contributed by atoms with Crippen molar-refractivity contribution in [1.29, 1.82) is 0 Å². The third-order valence-corrected chi connectivity index (χ3v) is 0. The Morgan fingerprint density at radius 2 is 1.00 bits per heavy atom. The van der Waals surface area contributed by atoms with Gasteiger partial charge in [-0.05, 0) is 0 Å². The molecule has 0 aromatic carbocycles. The summed E-state index contributed by atoms with van der Waals surface area (Å²) in [7, 11) is 0. The maximum absolute atomic E-state index is 0. The Balaban J connectivity index is 0. The maximum atomic E-state index is 0. The molecule has 5 heteroatoms. The van der Waals surface area contributed by atoms with Crippen molar-refractivity contribution < 1.29 is 0 Å². The summed E-state index contributed by atoms with van der Waals surface area (Å²) in [5.74, 6) is 0. The number of hydrogen-bond donors (Lipinski definition) is 0. The Labute approximate surface area is 181 Å². The van der Waals surface area contributed by atoms with Crippen molar-refractivity contribution in [3.05, 3.63) is 0 Å². The molecule has 0 aliphatic rings. The molecule has 0 unspecified atom stereocenters. The second-order valence-corrected chi connectivity index (χ2v) is 0. The van der Waals surface area contributed by atoms with Crippen molar-refractivity contribution in [2.45, 2.75) is 0 Å². The molecule has 0 saturated heterocycles. The van der Waals surface area contributed by atoms with Crippen molar-refractivity contribution >= 4 is 188 Å². The summed E-state index contributed by atoms with van der Waals surface area (Å²) in [6.45, 7) is 0. The summed E-state index contributed by atoms with van der Waals surface area (Å²) in [6, 6.07) is 0. The molecule has 0 N–H and O–H groups in total. The normalized spacial score (nSPS) is 0. The predicted molar refractivity (Wildman–Crippen MR) is 28.8 cm³/mol. The van der Waals surface area contributed by atoms with Gasteiger partial charge in [0.1, 0.15) is 0 Å². The third kappa shape index (κ3) is 17.8. The fourth-order valence-electron chi connectivity index (χ4n) is 0. The molecule has 0 heterocycles. The van der Waals surface area contributed by atoms with Gasteiger partial charge in [0.05, 0.1) is 0 Å². The van der Waals surface area contributed by atoms with Crippen molar-refractivity contribution in [3.8, 4) is 0 Å². The van der Waals surface area contributed by atoms with Crippen LogP contribution in [0.25, 0.3) is 0 Å². The van der Waals surface area contributed by atoms with Gasteiger partial charge in [0.15, 0.2) is 0 Å². The van der Waals surface area contributed by atoms with Crippen LogP contribution in [-0.4, -0.2) is 188 Å². The number of hydrogen-bond acceptors (Lipinski definition) is 0. The van der Waals surface area contributed by atoms with Crippen molar-refractivity contribution in [2.24, 2.45) is 0 Å². The van der Waals surface area contributed by atoms with Gasteiger partial charge in [0.2, 0.25) is 0 Å². The molecule has 0 aromatic heterocycles. The van der Waals surface area contributed by atoms with Gasteiger partial charge in [-0.1, -0.05) is 0 Å². The molecule has 0 spiro atoms. The second kappa shape index (κ2) is 22.5. The van der Waals surface area contributed by atoms with E-state index < -0.39 is 0 Å². The molecule has 0 aliphatic carbocycles. The molecule has 0 bridgehead atoms. The molecular weight excluding hydrogens is 497 g/mol. The first kappa shape index (κ1) is 30.3. The van der Waals surface area contributed by atoms with Gasteiger partial charge in [-0.2, -0.15) is 0 Å². The largest absolute Gasteiger partial charge is 0 e. The van der Waals surface area contributed by atoms with Gasteiger partial charge >= 0.3 is 0 Å². The van der Waals surface area contributed by atoms with Gasteiger partial charge in [-0.15, -0.1) is 0 Å². The Morgan fingerprint density at radius 1 is 1.00 bits per heavy atom. The van der Waals surface area contributed by atoms with Crippen LogP contribution in [-0.2, 0) is 0 Å². The maximum Gasteiger partial charge on any atom is 0 e. The van der Waals surface area contributed by atoms with Crippen molar-refractivity contribution in [3.63, 3.8) is 0 Å². The summed E-state index contributed by atoms with van der Waals surface area (Å²) in [6.07, 6.45) is 0. The second-order valence-electron chi connectivity index (χ2n) is 0. The van der Waals surface area contributed by atoms with Gasteiger partial charge in [0.25, 0.3) is 0 Å². The molecule has 0 amide bonds. The van der Waals surface area contributed by atoms with E-state index in [2.05, 4.69) is 0 Å². The van der Waals surface area contributed by atoms with Crippen LogP contribution in [0.15, 0.2) is 0 Å². The van der Waals surface area contributed by atoms with Gasteiger partial charge < -0.3 is 0 Å². The first-order valence-electron chi connectivity index (χ1n) is 0. The molecule has 5 heavy (non-hydrogen) atoms. The van der Waals surface area contributed by atoms with Crippen LogP contribution in [0.1, 0.15) is 0 Å². The Morgan fingerprint density at radius 3 is 1.00 bits per heavy atom. The smallest absolute Gasteiger partial charge is 0 e. The van der Waals surface area contributed by atoms with E-state index in [0.717, 1.165) is 0 Å². The van der Waals surface area contributed by atoms with E-state index in [1.807, 2.05) is 0 Å². The van der Waals surface area contributed by atoms with Crippen LogP contribution in [0, 0.1) is 0 Å². The average Bonchev–Trinajstić information content (AvgIpc) is 0. The fraction of sp³-hybridized carbons (Fsp3) is 0. The zero-order valence-electron chi connectivity index (χ0n) is 3.57. The molecule has 0 aromatic rings. The summed E-state index contributed by atoms with van der Waals surface area (Å²) in [4.78, 5) is 0. The molecule has 0 atom stereocenters. The predicted octanol–water partition coefficient (Wildman–Crippen LogP) is -1.90. The Bertz CT molecular complexity index is 11.6. The van der Waals surface area contributed by atoms with Crippen LogP contribution in [0.2, 0.25) is 0 Å². The minimum Gasteiger partial charge on any atom is 0 e. The van der Waals surface area contributed by atoms with Gasteiger partial charge in [-0.25, -0.2) is 0 Å². The fourth-order valence-corrected chi connectivity index (χ4v) is 0. The Kier molecular flexibility index (Phi) is 136. The SMILES string of the molecule is [Ba].[Bi].[Ca].[Na].[Sr]. The quantitative estimate of drug-likeness (QED) is 0.344. The molecule has 12 valence electrons. The van der Waals surface area contributed by atoms with E-state index in [0.29, 0.717) is 0 Å². The van der Waals surface area contributed by atoms with Crippen LogP contribution in [0.3, 0.4) is 0 Å². The number of rotatable bonds is 0.